The van der Waals surface area contributed by atoms with Gasteiger partial charge in [-0.3, -0.25) is 9.59 Å². The highest BCUT2D eigenvalue weighted by atomic mass is 16.5. The van der Waals surface area contributed by atoms with Crippen LogP contribution in [-0.4, -0.2) is 41.1 Å². The summed E-state index contributed by atoms with van der Waals surface area (Å²) in [6, 6.07) is 6.19. The maximum atomic E-state index is 12.5. The first-order valence-corrected chi connectivity index (χ1v) is 8.71. The fourth-order valence-electron chi connectivity index (χ4n) is 3.53. The minimum absolute atomic E-state index is 0.0128. The minimum atomic E-state index is -0.840. The van der Waals surface area contributed by atoms with Crippen molar-refractivity contribution >= 4 is 11.9 Å². The average molecular weight is 331 g/mol. The summed E-state index contributed by atoms with van der Waals surface area (Å²) in [7, 11) is 0. The number of carboxylic acids is 1. The molecule has 2 atom stereocenters. The zero-order chi connectivity index (χ0) is 17.3. The molecule has 2 fully saturated rings. The van der Waals surface area contributed by atoms with Crippen molar-refractivity contribution in [2.45, 2.75) is 45.6 Å². The Labute approximate surface area is 142 Å². The topological polar surface area (TPSA) is 66.8 Å². The number of ether oxygens (including phenoxy) is 1. The van der Waals surface area contributed by atoms with Gasteiger partial charge < -0.3 is 14.7 Å². The van der Waals surface area contributed by atoms with E-state index < -0.39 is 11.9 Å². The van der Waals surface area contributed by atoms with Gasteiger partial charge in [0.2, 0.25) is 5.91 Å². The number of hydrogen-bond acceptors (Lipinski definition) is 3. The lowest BCUT2D eigenvalue weighted by Gasteiger charge is -2.39. The molecule has 1 saturated heterocycles. The van der Waals surface area contributed by atoms with Crippen LogP contribution in [0, 0.1) is 25.7 Å². The van der Waals surface area contributed by atoms with Gasteiger partial charge in [0.15, 0.2) is 0 Å². The highest BCUT2D eigenvalue weighted by molar-refractivity contribution is 5.86. The number of aryl methyl sites for hydroxylation is 2. The fraction of sp³-hybridized carbons (Fsp3) is 0.579. The molecule has 2 unspecified atom stereocenters. The maximum absolute atomic E-state index is 12.5. The summed E-state index contributed by atoms with van der Waals surface area (Å²) in [5.41, 5.74) is 2.30. The van der Waals surface area contributed by atoms with Gasteiger partial charge in [-0.25, -0.2) is 0 Å². The lowest BCUT2D eigenvalue weighted by Crippen LogP contribution is -2.49. The Balaban J connectivity index is 1.53. The van der Waals surface area contributed by atoms with Gasteiger partial charge in [0.05, 0.1) is 11.8 Å². The molecule has 0 radical (unpaired) electrons. The Bertz CT molecular complexity index is 634. The van der Waals surface area contributed by atoms with Crippen molar-refractivity contribution in [3.8, 4) is 5.75 Å². The van der Waals surface area contributed by atoms with Crippen molar-refractivity contribution < 1.29 is 19.4 Å². The predicted octanol–water partition coefficient (Wildman–Crippen LogP) is 2.78. The van der Waals surface area contributed by atoms with E-state index in [1.807, 2.05) is 18.7 Å². The smallest absolute Gasteiger partial charge is 0.307 e. The van der Waals surface area contributed by atoms with Crippen LogP contribution >= 0.6 is 0 Å². The zero-order valence-electron chi connectivity index (χ0n) is 14.3. The van der Waals surface area contributed by atoms with Gasteiger partial charge in [0, 0.05) is 25.9 Å². The van der Waals surface area contributed by atoms with Crippen LogP contribution in [0.3, 0.4) is 0 Å². The first-order chi connectivity index (χ1) is 11.5. The van der Waals surface area contributed by atoms with Gasteiger partial charge in [-0.1, -0.05) is 12.1 Å². The number of hydrogen-bond donors (Lipinski definition) is 1. The lowest BCUT2D eigenvalue weighted by atomic mass is 9.72. The number of nitrogens with zero attached hydrogens (tertiary/aromatic N) is 1. The van der Waals surface area contributed by atoms with Crippen molar-refractivity contribution in [1.29, 1.82) is 0 Å². The van der Waals surface area contributed by atoms with E-state index in [-0.39, 0.29) is 17.9 Å². The molecule has 24 heavy (non-hydrogen) atoms. The Kier molecular flexibility index (Phi) is 4.78. The van der Waals surface area contributed by atoms with Crippen molar-refractivity contribution in [2.75, 3.05) is 13.1 Å². The number of amides is 1. The molecule has 1 aromatic rings. The van der Waals surface area contributed by atoms with Crippen molar-refractivity contribution in [2.24, 2.45) is 11.8 Å². The Morgan fingerprint density at radius 2 is 1.75 bits per heavy atom. The van der Waals surface area contributed by atoms with E-state index in [4.69, 9.17) is 9.84 Å². The highest BCUT2D eigenvalue weighted by Crippen LogP contribution is 2.36. The summed E-state index contributed by atoms with van der Waals surface area (Å²) in [5, 5.41) is 9.11. The van der Waals surface area contributed by atoms with E-state index in [2.05, 4.69) is 18.2 Å². The van der Waals surface area contributed by atoms with Gasteiger partial charge in [0.25, 0.3) is 0 Å². The number of aliphatic carboxylic acids is 1. The van der Waals surface area contributed by atoms with E-state index in [9.17, 15) is 9.59 Å². The second-order valence-electron chi connectivity index (χ2n) is 7.04. The first kappa shape index (κ1) is 16.8. The molecule has 0 bridgehead atoms. The van der Waals surface area contributed by atoms with Crippen LogP contribution < -0.4 is 4.74 Å². The van der Waals surface area contributed by atoms with Gasteiger partial charge in [-0.2, -0.15) is 0 Å². The number of piperidine rings is 1. The van der Waals surface area contributed by atoms with Crippen LogP contribution in [0.1, 0.15) is 36.8 Å². The molecule has 1 aliphatic carbocycles. The van der Waals surface area contributed by atoms with E-state index in [1.165, 1.54) is 5.56 Å². The summed E-state index contributed by atoms with van der Waals surface area (Å²) in [5.74, 6) is -0.711. The van der Waals surface area contributed by atoms with Crippen LogP contribution in [0.25, 0.3) is 0 Å². The van der Waals surface area contributed by atoms with E-state index in [1.54, 1.807) is 0 Å². The van der Waals surface area contributed by atoms with Crippen LogP contribution in [0.4, 0.5) is 0 Å². The summed E-state index contributed by atoms with van der Waals surface area (Å²) in [6.45, 7) is 5.38. The van der Waals surface area contributed by atoms with Gasteiger partial charge >= 0.3 is 5.97 Å². The number of likely N-dealkylation sites (tertiary alicyclic amines) is 1. The molecule has 1 aromatic carbocycles. The largest absolute Gasteiger partial charge is 0.490 e. The zero-order valence-corrected chi connectivity index (χ0v) is 14.3. The molecule has 5 heteroatoms. The number of carboxylic acid groups (broad SMARTS) is 1. The van der Waals surface area contributed by atoms with Crippen LogP contribution in [0.2, 0.25) is 0 Å². The maximum Gasteiger partial charge on any atom is 0.307 e. The van der Waals surface area contributed by atoms with E-state index >= 15 is 0 Å². The van der Waals surface area contributed by atoms with Crippen molar-refractivity contribution in [3.63, 3.8) is 0 Å². The van der Waals surface area contributed by atoms with E-state index in [0.717, 1.165) is 24.2 Å². The molecule has 1 saturated carbocycles. The Morgan fingerprint density at radius 1 is 1.08 bits per heavy atom. The summed E-state index contributed by atoms with van der Waals surface area (Å²) >= 11 is 0. The molecule has 5 nitrogen and oxygen atoms in total. The van der Waals surface area contributed by atoms with Crippen molar-refractivity contribution in [3.05, 3.63) is 29.3 Å². The highest BCUT2D eigenvalue weighted by Gasteiger charge is 2.43. The van der Waals surface area contributed by atoms with Gasteiger partial charge in [0.1, 0.15) is 11.9 Å². The molecule has 2 aliphatic rings. The molecule has 0 aromatic heterocycles. The first-order valence-electron chi connectivity index (χ1n) is 8.71. The van der Waals surface area contributed by atoms with Crippen molar-refractivity contribution in [1.82, 2.24) is 4.90 Å². The third-order valence-corrected chi connectivity index (χ3v) is 5.30. The fourth-order valence-corrected chi connectivity index (χ4v) is 3.53. The molecule has 130 valence electrons. The second kappa shape index (κ2) is 6.83. The molecular formula is C19H25NO4. The minimum Gasteiger partial charge on any atom is -0.490 e. The molecule has 1 amide bonds. The number of rotatable bonds is 4. The molecule has 1 heterocycles. The molecule has 1 aliphatic heterocycles. The van der Waals surface area contributed by atoms with Gasteiger partial charge in [-0.05, 0) is 43.9 Å². The number of carbonyl (C=O) groups excluding carboxylic acids is 1. The standard InChI is InChI=1S/C19H25NO4/c1-12-3-4-13(2)17(11-12)24-14-7-9-20(10-8-14)18(21)15-5-6-16(15)19(22)23/h3-4,11,14-16H,5-10H2,1-2H3,(H,22,23). The molecule has 0 spiro atoms. The third kappa shape index (κ3) is 3.40. The third-order valence-electron chi connectivity index (χ3n) is 5.30. The average Bonchev–Trinajstić information content (AvgIpc) is 2.50. The van der Waals surface area contributed by atoms with Gasteiger partial charge in [-0.15, -0.1) is 0 Å². The summed E-state index contributed by atoms with van der Waals surface area (Å²) < 4.78 is 6.12. The summed E-state index contributed by atoms with van der Waals surface area (Å²) in [6.07, 6.45) is 3.03. The molecule has 1 N–H and O–H groups in total. The summed E-state index contributed by atoms with van der Waals surface area (Å²) in [4.78, 5) is 25.4. The monoisotopic (exact) mass is 331 g/mol. The van der Waals surface area contributed by atoms with E-state index in [0.29, 0.717) is 25.9 Å². The SMILES string of the molecule is Cc1ccc(C)c(OC2CCN(C(=O)C3CCC3C(=O)O)CC2)c1. The Hall–Kier alpha value is -2.04. The molecular weight excluding hydrogens is 306 g/mol. The predicted molar refractivity (Wildman–Crippen MR) is 90.0 cm³/mol. The number of benzene rings is 1. The molecule has 3 rings (SSSR count). The van der Waals surface area contributed by atoms with Crippen LogP contribution in [-0.2, 0) is 9.59 Å². The van der Waals surface area contributed by atoms with Crippen LogP contribution in [0.5, 0.6) is 5.75 Å². The lowest BCUT2D eigenvalue weighted by molar-refractivity contribution is -0.157. The quantitative estimate of drug-likeness (QED) is 0.921. The Morgan fingerprint density at radius 3 is 2.33 bits per heavy atom. The number of carbonyl (C=O) groups is 2. The van der Waals surface area contributed by atoms with Crippen LogP contribution in [0.15, 0.2) is 18.2 Å². The normalized spacial score (nSPS) is 24.3. The second-order valence-corrected chi connectivity index (χ2v) is 7.04.